The summed E-state index contributed by atoms with van der Waals surface area (Å²) < 4.78 is 46.7. The molecule has 6 nitrogen and oxygen atoms in total. The van der Waals surface area contributed by atoms with Crippen LogP contribution in [0.25, 0.3) is 17.1 Å². The lowest BCUT2D eigenvalue weighted by Crippen LogP contribution is -2.18. The van der Waals surface area contributed by atoms with E-state index in [0.717, 1.165) is 23.4 Å². The van der Waals surface area contributed by atoms with Gasteiger partial charge in [0.15, 0.2) is 11.0 Å². The molecule has 0 unspecified atom stereocenters. The number of benzene rings is 3. The van der Waals surface area contributed by atoms with Crippen molar-refractivity contribution in [3.8, 4) is 22.8 Å². The van der Waals surface area contributed by atoms with E-state index in [-0.39, 0.29) is 11.4 Å². The molecule has 1 N–H and O–H groups in total. The molecule has 4 aromatic rings. The van der Waals surface area contributed by atoms with E-state index in [1.54, 1.807) is 48.1 Å². The smallest absolute Gasteiger partial charge is 0.418 e. The molecule has 0 bridgehead atoms. The van der Waals surface area contributed by atoms with Gasteiger partial charge in [0.05, 0.1) is 24.1 Å². The molecule has 4 rings (SSSR count). The molecule has 0 aliphatic carbocycles. The summed E-state index contributed by atoms with van der Waals surface area (Å²) in [5.41, 5.74) is 0.243. The van der Waals surface area contributed by atoms with Crippen LogP contribution in [0.3, 0.4) is 0 Å². The lowest BCUT2D eigenvalue weighted by atomic mass is 10.1. The fraction of sp³-hybridized carbons (Fsp3) is 0.125. The maximum Gasteiger partial charge on any atom is 0.418 e. The van der Waals surface area contributed by atoms with Crippen LogP contribution in [0.4, 0.5) is 18.9 Å². The van der Waals surface area contributed by atoms with Crippen molar-refractivity contribution in [2.24, 2.45) is 0 Å². The lowest BCUT2D eigenvalue weighted by Gasteiger charge is -2.14. The molecule has 3 aromatic carbocycles. The second kappa shape index (κ2) is 10.4. The molecular weight excluding hydrogens is 501 g/mol. The van der Waals surface area contributed by atoms with Gasteiger partial charge >= 0.3 is 6.18 Å². The molecule has 180 valence electrons. The minimum Gasteiger partial charge on any atom is -0.497 e. The summed E-state index contributed by atoms with van der Waals surface area (Å²) >= 11 is 7.08. The molecule has 1 heterocycles. The van der Waals surface area contributed by atoms with Crippen molar-refractivity contribution in [3.05, 3.63) is 83.4 Å². The Labute approximate surface area is 208 Å². The third-order valence-electron chi connectivity index (χ3n) is 4.91. The second-order valence-electron chi connectivity index (χ2n) is 7.23. The van der Waals surface area contributed by atoms with Crippen LogP contribution in [0.15, 0.2) is 78.0 Å². The number of nitrogens with zero attached hydrogens (tertiary/aromatic N) is 3. The highest BCUT2D eigenvalue weighted by Crippen LogP contribution is 2.35. The van der Waals surface area contributed by atoms with Crippen molar-refractivity contribution >= 4 is 35.0 Å². The number of alkyl halides is 3. The van der Waals surface area contributed by atoms with Gasteiger partial charge in [-0.2, -0.15) is 13.2 Å². The van der Waals surface area contributed by atoms with E-state index in [1.165, 1.54) is 18.2 Å². The number of carbonyl (C=O) groups excluding carboxylic acids is 1. The van der Waals surface area contributed by atoms with Crippen molar-refractivity contribution in [2.75, 3.05) is 18.2 Å². The van der Waals surface area contributed by atoms with Gasteiger partial charge < -0.3 is 10.1 Å². The Hall–Kier alpha value is -3.50. The van der Waals surface area contributed by atoms with Crippen molar-refractivity contribution in [3.63, 3.8) is 0 Å². The van der Waals surface area contributed by atoms with Gasteiger partial charge in [-0.05, 0) is 60.7 Å². The van der Waals surface area contributed by atoms with Crippen LogP contribution in [-0.4, -0.2) is 33.5 Å². The number of aromatic nitrogens is 3. The lowest BCUT2D eigenvalue weighted by molar-refractivity contribution is -0.137. The first kappa shape index (κ1) is 24.6. The van der Waals surface area contributed by atoms with E-state index in [1.807, 2.05) is 12.1 Å². The predicted octanol–water partition coefficient (Wildman–Crippen LogP) is 6.35. The Balaban J connectivity index is 1.60. The summed E-state index contributed by atoms with van der Waals surface area (Å²) in [6.07, 6.45) is -4.58. The third kappa shape index (κ3) is 5.77. The molecule has 1 amide bonds. The van der Waals surface area contributed by atoms with Crippen molar-refractivity contribution in [1.82, 2.24) is 14.8 Å². The molecule has 0 fully saturated rings. The van der Waals surface area contributed by atoms with Crippen molar-refractivity contribution in [1.29, 1.82) is 0 Å². The standard InChI is InChI=1S/C24H18ClF3N4O2S/c1-34-18-12-6-15(7-13-18)22-30-31-23(32(22)17-10-8-16(25)9-11-17)35-14-21(33)29-20-5-3-2-4-19(20)24(26,27)28/h2-13H,14H2,1H3,(H,29,33). The molecule has 0 saturated heterocycles. The first-order valence-electron chi connectivity index (χ1n) is 10.2. The number of carbonyl (C=O) groups is 1. The number of rotatable bonds is 7. The van der Waals surface area contributed by atoms with Crippen molar-refractivity contribution in [2.45, 2.75) is 11.3 Å². The van der Waals surface area contributed by atoms with Gasteiger partial charge in [-0.3, -0.25) is 9.36 Å². The van der Waals surface area contributed by atoms with Crippen LogP contribution in [0.1, 0.15) is 5.56 Å². The fourth-order valence-corrected chi connectivity index (χ4v) is 4.15. The number of hydrogen-bond acceptors (Lipinski definition) is 5. The number of methoxy groups -OCH3 is 1. The SMILES string of the molecule is COc1ccc(-c2nnc(SCC(=O)Nc3ccccc3C(F)(F)F)n2-c2ccc(Cl)cc2)cc1. The highest BCUT2D eigenvalue weighted by molar-refractivity contribution is 7.99. The Bertz CT molecular complexity index is 1330. The van der Waals surface area contributed by atoms with Gasteiger partial charge in [0.25, 0.3) is 0 Å². The summed E-state index contributed by atoms with van der Waals surface area (Å²) in [5.74, 6) is 0.404. The first-order chi connectivity index (χ1) is 16.8. The number of amides is 1. The van der Waals surface area contributed by atoms with Gasteiger partial charge in [-0.15, -0.1) is 10.2 Å². The number of para-hydroxylation sites is 1. The zero-order valence-electron chi connectivity index (χ0n) is 18.2. The zero-order valence-corrected chi connectivity index (χ0v) is 19.8. The highest BCUT2D eigenvalue weighted by Gasteiger charge is 2.33. The molecular formula is C24H18ClF3N4O2S. The van der Waals surface area contributed by atoms with Gasteiger partial charge in [0.1, 0.15) is 5.75 Å². The molecule has 35 heavy (non-hydrogen) atoms. The number of thioether (sulfide) groups is 1. The number of nitrogens with one attached hydrogen (secondary N) is 1. The van der Waals surface area contributed by atoms with Gasteiger partial charge in [-0.1, -0.05) is 35.5 Å². The number of halogens is 4. The van der Waals surface area contributed by atoms with E-state index in [9.17, 15) is 18.0 Å². The number of ether oxygens (including phenoxy) is 1. The van der Waals surface area contributed by atoms with Crippen molar-refractivity contribution < 1.29 is 22.7 Å². The fourth-order valence-electron chi connectivity index (χ4n) is 3.27. The molecule has 0 aliphatic heterocycles. The van der Waals surface area contributed by atoms with Crippen LogP contribution < -0.4 is 10.1 Å². The minimum atomic E-state index is -4.58. The average molecular weight is 519 g/mol. The molecule has 0 saturated carbocycles. The number of hydrogen-bond donors (Lipinski definition) is 1. The zero-order chi connectivity index (χ0) is 25.0. The predicted molar refractivity (Wildman–Crippen MR) is 129 cm³/mol. The summed E-state index contributed by atoms with van der Waals surface area (Å²) in [7, 11) is 1.57. The maximum atomic E-state index is 13.2. The Kier molecular flexibility index (Phi) is 7.32. The van der Waals surface area contributed by atoms with Gasteiger partial charge in [0, 0.05) is 16.3 Å². The third-order valence-corrected chi connectivity index (χ3v) is 6.09. The van der Waals surface area contributed by atoms with Crippen LogP contribution >= 0.6 is 23.4 Å². The topological polar surface area (TPSA) is 69.0 Å². The van der Waals surface area contributed by atoms with E-state index in [2.05, 4.69) is 15.5 Å². The summed E-state index contributed by atoms with van der Waals surface area (Å²) in [5, 5.41) is 11.8. The summed E-state index contributed by atoms with van der Waals surface area (Å²) in [4.78, 5) is 12.5. The van der Waals surface area contributed by atoms with Crippen LogP contribution in [0, 0.1) is 0 Å². The van der Waals surface area contributed by atoms with E-state index in [4.69, 9.17) is 16.3 Å². The molecule has 0 radical (unpaired) electrons. The van der Waals surface area contributed by atoms with E-state index in [0.29, 0.717) is 27.4 Å². The summed E-state index contributed by atoms with van der Waals surface area (Å²) in [6, 6.07) is 19.0. The molecule has 1 aromatic heterocycles. The summed E-state index contributed by atoms with van der Waals surface area (Å²) in [6.45, 7) is 0. The maximum absolute atomic E-state index is 13.2. The quantitative estimate of drug-likeness (QED) is 0.289. The molecule has 0 atom stereocenters. The van der Waals surface area contributed by atoms with E-state index < -0.39 is 17.6 Å². The monoisotopic (exact) mass is 518 g/mol. The van der Waals surface area contributed by atoms with E-state index >= 15 is 0 Å². The number of anilines is 1. The van der Waals surface area contributed by atoms with Crippen LogP contribution in [0.5, 0.6) is 5.75 Å². The Morgan fingerprint density at radius 2 is 1.71 bits per heavy atom. The van der Waals surface area contributed by atoms with Crippen LogP contribution in [-0.2, 0) is 11.0 Å². The Morgan fingerprint density at radius 3 is 2.37 bits per heavy atom. The molecule has 0 aliphatic rings. The minimum absolute atomic E-state index is 0.180. The van der Waals surface area contributed by atoms with Gasteiger partial charge in [0.2, 0.25) is 5.91 Å². The molecule has 0 spiro atoms. The van der Waals surface area contributed by atoms with Gasteiger partial charge in [-0.25, -0.2) is 0 Å². The normalized spacial score (nSPS) is 11.3. The molecule has 11 heteroatoms. The largest absolute Gasteiger partial charge is 0.497 e. The average Bonchev–Trinajstić information content (AvgIpc) is 3.27. The first-order valence-corrected chi connectivity index (χ1v) is 11.6. The highest BCUT2D eigenvalue weighted by atomic mass is 35.5. The van der Waals surface area contributed by atoms with Crippen LogP contribution in [0.2, 0.25) is 5.02 Å². The Morgan fingerprint density at radius 1 is 1.03 bits per heavy atom. The second-order valence-corrected chi connectivity index (χ2v) is 8.61.